The monoisotopic (exact) mass is 297 g/mol. The predicted octanol–water partition coefficient (Wildman–Crippen LogP) is 4.47. The summed E-state index contributed by atoms with van der Waals surface area (Å²) in [6.07, 6.45) is 2.09. The van der Waals surface area contributed by atoms with Crippen molar-refractivity contribution in [2.45, 2.75) is 17.9 Å². The molecule has 0 amide bonds. The Bertz CT molecular complexity index is 746. The highest BCUT2D eigenvalue weighted by atomic mass is 32.2. The van der Waals surface area contributed by atoms with E-state index in [1.54, 1.807) is 11.8 Å². The summed E-state index contributed by atoms with van der Waals surface area (Å²) in [7, 11) is 2.07. The lowest BCUT2D eigenvalue weighted by Crippen LogP contribution is -2.11. The SMILES string of the molecule is CSc1ccc(NC(C)c2nc3ccccc3n2C)cc1. The minimum Gasteiger partial charge on any atom is -0.375 e. The Morgan fingerprint density at radius 1 is 1.10 bits per heavy atom. The maximum atomic E-state index is 4.74. The van der Waals surface area contributed by atoms with E-state index in [0.29, 0.717) is 0 Å². The topological polar surface area (TPSA) is 29.9 Å². The molecule has 3 rings (SSSR count). The molecule has 0 saturated heterocycles. The van der Waals surface area contributed by atoms with E-state index in [1.807, 2.05) is 12.1 Å². The molecule has 0 aliphatic rings. The van der Waals surface area contributed by atoms with E-state index in [9.17, 15) is 0 Å². The van der Waals surface area contributed by atoms with Crippen LogP contribution in [0.25, 0.3) is 11.0 Å². The third-order valence-corrected chi connectivity index (χ3v) is 4.43. The second-order valence-electron chi connectivity index (χ2n) is 5.11. The van der Waals surface area contributed by atoms with Gasteiger partial charge in [0.15, 0.2) is 0 Å². The molecule has 0 spiro atoms. The van der Waals surface area contributed by atoms with Crippen molar-refractivity contribution in [1.29, 1.82) is 0 Å². The van der Waals surface area contributed by atoms with E-state index in [0.717, 1.165) is 17.0 Å². The van der Waals surface area contributed by atoms with Gasteiger partial charge in [0.25, 0.3) is 0 Å². The van der Waals surface area contributed by atoms with Crippen LogP contribution >= 0.6 is 11.8 Å². The zero-order chi connectivity index (χ0) is 14.8. The molecule has 0 aliphatic carbocycles. The van der Waals surface area contributed by atoms with Gasteiger partial charge in [0.2, 0.25) is 0 Å². The molecule has 0 fully saturated rings. The van der Waals surface area contributed by atoms with Crippen LogP contribution in [0.3, 0.4) is 0 Å². The highest BCUT2D eigenvalue weighted by Crippen LogP contribution is 2.24. The standard InChI is InChI=1S/C17H19N3S/c1-12(18-13-8-10-14(21-3)11-9-13)17-19-15-6-4-5-7-16(15)20(17)2/h4-12,18H,1-3H3. The number of aromatic nitrogens is 2. The molecule has 108 valence electrons. The second kappa shape index (κ2) is 5.82. The number of nitrogens with one attached hydrogen (secondary N) is 1. The largest absolute Gasteiger partial charge is 0.375 e. The Kier molecular flexibility index (Phi) is 3.88. The van der Waals surface area contributed by atoms with Gasteiger partial charge >= 0.3 is 0 Å². The van der Waals surface area contributed by atoms with Gasteiger partial charge in [-0.3, -0.25) is 0 Å². The van der Waals surface area contributed by atoms with Gasteiger partial charge in [-0.2, -0.15) is 0 Å². The lowest BCUT2D eigenvalue weighted by Gasteiger charge is -2.15. The second-order valence-corrected chi connectivity index (χ2v) is 5.99. The van der Waals surface area contributed by atoms with Crippen LogP contribution in [0, 0.1) is 0 Å². The van der Waals surface area contributed by atoms with Gasteiger partial charge in [-0.15, -0.1) is 11.8 Å². The summed E-state index contributed by atoms with van der Waals surface area (Å²) in [6, 6.07) is 16.9. The molecule has 0 radical (unpaired) electrons. The lowest BCUT2D eigenvalue weighted by molar-refractivity contribution is 0.734. The Morgan fingerprint density at radius 3 is 2.48 bits per heavy atom. The minimum atomic E-state index is 0.155. The number of aryl methyl sites for hydroxylation is 1. The van der Waals surface area contributed by atoms with E-state index < -0.39 is 0 Å². The number of benzene rings is 2. The molecule has 3 aromatic rings. The first-order valence-electron chi connectivity index (χ1n) is 7.01. The Hall–Kier alpha value is -1.94. The Morgan fingerprint density at radius 2 is 1.81 bits per heavy atom. The molecule has 21 heavy (non-hydrogen) atoms. The first-order valence-corrected chi connectivity index (χ1v) is 8.23. The highest BCUT2D eigenvalue weighted by molar-refractivity contribution is 7.98. The molecule has 1 unspecified atom stereocenters. The average Bonchev–Trinajstić information content (AvgIpc) is 2.86. The molecule has 4 heteroatoms. The Balaban J connectivity index is 1.86. The lowest BCUT2D eigenvalue weighted by atomic mass is 10.2. The normalized spacial score (nSPS) is 12.5. The minimum absolute atomic E-state index is 0.155. The van der Waals surface area contributed by atoms with Crippen molar-refractivity contribution in [1.82, 2.24) is 9.55 Å². The number of imidazole rings is 1. The van der Waals surface area contributed by atoms with Crippen molar-refractivity contribution in [3.8, 4) is 0 Å². The molecule has 0 saturated carbocycles. The van der Waals surface area contributed by atoms with Crippen LogP contribution in [-0.4, -0.2) is 15.8 Å². The van der Waals surface area contributed by atoms with E-state index in [2.05, 4.69) is 66.5 Å². The van der Waals surface area contributed by atoms with E-state index in [1.165, 1.54) is 10.4 Å². The first kappa shape index (κ1) is 14.0. The molecule has 1 heterocycles. The van der Waals surface area contributed by atoms with Crippen molar-refractivity contribution < 1.29 is 0 Å². The third-order valence-electron chi connectivity index (χ3n) is 3.68. The van der Waals surface area contributed by atoms with Crippen molar-refractivity contribution in [2.24, 2.45) is 7.05 Å². The summed E-state index contributed by atoms with van der Waals surface area (Å²) in [5, 5.41) is 3.52. The molecule has 3 nitrogen and oxygen atoms in total. The molecular formula is C17H19N3S. The number of thioether (sulfide) groups is 1. The number of fused-ring (bicyclic) bond motifs is 1. The van der Waals surface area contributed by atoms with E-state index in [4.69, 9.17) is 4.98 Å². The fourth-order valence-electron chi connectivity index (χ4n) is 2.55. The van der Waals surface area contributed by atoms with Gasteiger partial charge in [0.05, 0.1) is 17.1 Å². The van der Waals surface area contributed by atoms with Gasteiger partial charge in [0, 0.05) is 17.6 Å². The summed E-state index contributed by atoms with van der Waals surface area (Å²) in [5.41, 5.74) is 3.33. The van der Waals surface area contributed by atoms with Crippen molar-refractivity contribution in [2.75, 3.05) is 11.6 Å². The fourth-order valence-corrected chi connectivity index (χ4v) is 2.96. The first-order chi connectivity index (χ1) is 10.2. The number of anilines is 1. The molecule has 0 aliphatic heterocycles. The van der Waals surface area contributed by atoms with Crippen LogP contribution in [-0.2, 0) is 7.05 Å². The maximum absolute atomic E-state index is 4.74. The van der Waals surface area contributed by atoms with Crippen molar-refractivity contribution in [3.63, 3.8) is 0 Å². The van der Waals surface area contributed by atoms with Gasteiger partial charge in [-0.25, -0.2) is 4.98 Å². The van der Waals surface area contributed by atoms with Gasteiger partial charge in [-0.1, -0.05) is 12.1 Å². The summed E-state index contributed by atoms with van der Waals surface area (Å²) in [6.45, 7) is 2.14. The number of hydrogen-bond donors (Lipinski definition) is 1. The molecule has 0 bridgehead atoms. The zero-order valence-corrected chi connectivity index (χ0v) is 13.3. The smallest absolute Gasteiger partial charge is 0.131 e. The quantitative estimate of drug-likeness (QED) is 0.721. The van der Waals surface area contributed by atoms with Crippen LogP contribution in [0.2, 0.25) is 0 Å². The molecule has 2 aromatic carbocycles. The van der Waals surface area contributed by atoms with Crippen molar-refractivity contribution in [3.05, 3.63) is 54.4 Å². The average molecular weight is 297 g/mol. The maximum Gasteiger partial charge on any atom is 0.131 e. The molecule has 1 N–H and O–H groups in total. The summed E-state index contributed by atoms with van der Waals surface area (Å²) < 4.78 is 2.16. The van der Waals surface area contributed by atoms with Crippen LogP contribution in [0.4, 0.5) is 5.69 Å². The zero-order valence-electron chi connectivity index (χ0n) is 12.5. The van der Waals surface area contributed by atoms with Gasteiger partial charge < -0.3 is 9.88 Å². The molecular weight excluding hydrogens is 278 g/mol. The predicted molar refractivity (Wildman–Crippen MR) is 91.0 cm³/mol. The van der Waals surface area contributed by atoms with E-state index in [-0.39, 0.29) is 6.04 Å². The van der Waals surface area contributed by atoms with Gasteiger partial charge in [0.1, 0.15) is 5.82 Å². The number of rotatable bonds is 4. The van der Waals surface area contributed by atoms with Crippen LogP contribution in [0.5, 0.6) is 0 Å². The van der Waals surface area contributed by atoms with Crippen LogP contribution in [0.15, 0.2) is 53.4 Å². The third kappa shape index (κ3) is 2.76. The number of hydrogen-bond acceptors (Lipinski definition) is 3. The van der Waals surface area contributed by atoms with Crippen LogP contribution in [0.1, 0.15) is 18.8 Å². The van der Waals surface area contributed by atoms with Crippen LogP contribution < -0.4 is 5.32 Å². The van der Waals surface area contributed by atoms with E-state index >= 15 is 0 Å². The summed E-state index contributed by atoms with van der Waals surface area (Å²) in [5.74, 6) is 1.05. The van der Waals surface area contributed by atoms with Crippen molar-refractivity contribution >= 4 is 28.5 Å². The highest BCUT2D eigenvalue weighted by Gasteiger charge is 2.13. The molecule has 1 aromatic heterocycles. The summed E-state index contributed by atoms with van der Waals surface area (Å²) in [4.78, 5) is 6.01. The Labute approximate surface area is 129 Å². The number of para-hydroxylation sites is 2. The van der Waals surface area contributed by atoms with Gasteiger partial charge in [-0.05, 0) is 49.6 Å². The molecule has 1 atom stereocenters. The number of nitrogens with zero attached hydrogens (tertiary/aromatic N) is 2. The summed E-state index contributed by atoms with van der Waals surface area (Å²) >= 11 is 1.75. The fraction of sp³-hybridized carbons (Fsp3) is 0.235.